The fraction of sp³-hybridized carbons (Fsp3) is 0. The Labute approximate surface area is 276 Å². The van der Waals surface area contributed by atoms with Crippen molar-refractivity contribution in [1.29, 1.82) is 5.26 Å². The molecule has 0 aliphatic heterocycles. The van der Waals surface area contributed by atoms with E-state index in [4.69, 9.17) is 9.40 Å². The first kappa shape index (κ1) is 25.7. The van der Waals surface area contributed by atoms with Crippen LogP contribution >= 0.6 is 11.3 Å². The van der Waals surface area contributed by atoms with Crippen LogP contribution in [-0.4, -0.2) is 14.1 Å². The number of rotatable bonds is 2. The number of benzene rings is 6. The lowest BCUT2D eigenvalue weighted by atomic mass is 10.1. The van der Waals surface area contributed by atoms with Gasteiger partial charge in [-0.25, -0.2) is 0 Å². The van der Waals surface area contributed by atoms with Crippen molar-refractivity contribution in [2.75, 3.05) is 0 Å². The average molecular weight is 631 g/mol. The summed E-state index contributed by atoms with van der Waals surface area (Å²) in [7, 11) is 0. The van der Waals surface area contributed by atoms with Gasteiger partial charge in [0.1, 0.15) is 11.1 Å². The van der Waals surface area contributed by atoms with Crippen LogP contribution in [-0.2, 0) is 0 Å². The van der Waals surface area contributed by atoms with Crippen LogP contribution in [0.1, 0.15) is 5.56 Å². The van der Waals surface area contributed by atoms with Crippen molar-refractivity contribution in [1.82, 2.24) is 14.1 Å². The van der Waals surface area contributed by atoms with Crippen molar-refractivity contribution < 1.29 is 4.42 Å². The van der Waals surface area contributed by atoms with E-state index in [-0.39, 0.29) is 0 Å². The van der Waals surface area contributed by atoms with Crippen LogP contribution in [0.15, 0.2) is 138 Å². The molecule has 0 radical (unpaired) electrons. The van der Waals surface area contributed by atoms with E-state index in [1.165, 1.54) is 30.9 Å². The van der Waals surface area contributed by atoms with Gasteiger partial charge in [-0.15, -0.1) is 11.3 Å². The molecule has 6 aromatic carbocycles. The van der Waals surface area contributed by atoms with E-state index in [9.17, 15) is 5.26 Å². The van der Waals surface area contributed by atoms with E-state index < -0.39 is 0 Å². The van der Waals surface area contributed by atoms with Crippen molar-refractivity contribution in [3.8, 4) is 17.4 Å². The van der Waals surface area contributed by atoms with Crippen molar-refractivity contribution in [3.05, 3.63) is 139 Å². The zero-order chi connectivity index (χ0) is 31.5. The van der Waals surface area contributed by atoms with E-state index in [2.05, 4.69) is 118 Å². The number of hydrogen-bond acceptors (Lipinski definition) is 4. The van der Waals surface area contributed by atoms with Gasteiger partial charge < -0.3 is 13.6 Å². The minimum Gasteiger partial charge on any atom is -0.454 e. The van der Waals surface area contributed by atoms with E-state index >= 15 is 0 Å². The molecule has 6 heteroatoms. The molecule has 0 atom stereocenters. The van der Waals surface area contributed by atoms with Crippen molar-refractivity contribution in [2.45, 2.75) is 0 Å². The fourth-order valence-electron chi connectivity index (χ4n) is 7.75. The van der Waals surface area contributed by atoms with Crippen molar-refractivity contribution in [2.24, 2.45) is 0 Å². The van der Waals surface area contributed by atoms with Crippen LogP contribution in [0.4, 0.5) is 0 Å². The van der Waals surface area contributed by atoms with Gasteiger partial charge in [-0.05, 0) is 91.0 Å². The fourth-order valence-corrected chi connectivity index (χ4v) is 8.82. The van der Waals surface area contributed by atoms with Gasteiger partial charge >= 0.3 is 0 Å². The number of hydrogen-bond donors (Lipinski definition) is 0. The molecular formula is C42H22N4OS. The van der Waals surface area contributed by atoms with Crippen molar-refractivity contribution >= 4 is 97.2 Å². The first-order valence-corrected chi connectivity index (χ1v) is 16.7. The third-order valence-electron chi connectivity index (χ3n) is 9.78. The van der Waals surface area contributed by atoms with Crippen molar-refractivity contribution in [3.63, 3.8) is 0 Å². The summed E-state index contributed by atoms with van der Waals surface area (Å²) in [6.07, 6.45) is 1.84. The average Bonchev–Trinajstić information content (AvgIpc) is 3.88. The lowest BCUT2D eigenvalue weighted by Crippen LogP contribution is -1.94. The van der Waals surface area contributed by atoms with E-state index in [0.717, 1.165) is 66.3 Å². The third-order valence-corrected chi connectivity index (χ3v) is 10.9. The summed E-state index contributed by atoms with van der Waals surface area (Å²) in [5.74, 6) is 0. The Bertz CT molecular complexity index is 3200. The Morgan fingerprint density at radius 3 is 2.02 bits per heavy atom. The maximum atomic E-state index is 9.62. The predicted octanol–water partition coefficient (Wildman–Crippen LogP) is 11.4. The molecule has 11 rings (SSSR count). The van der Waals surface area contributed by atoms with Gasteiger partial charge in [0.25, 0.3) is 0 Å². The Hall–Kier alpha value is -6.42. The van der Waals surface area contributed by atoms with Gasteiger partial charge in [-0.1, -0.05) is 36.4 Å². The van der Waals surface area contributed by atoms with Crippen LogP contribution in [0.3, 0.4) is 0 Å². The second-order valence-corrected chi connectivity index (χ2v) is 13.4. The highest BCUT2D eigenvalue weighted by atomic mass is 32.1. The second kappa shape index (κ2) is 9.32. The summed E-state index contributed by atoms with van der Waals surface area (Å²) < 4.78 is 13.5. The lowest BCUT2D eigenvalue weighted by molar-refractivity contribution is 0.668. The van der Waals surface area contributed by atoms with Gasteiger partial charge in [0, 0.05) is 59.3 Å². The molecule has 0 saturated heterocycles. The SMILES string of the molecule is N#Cc1ccc2c(c1)c1ccccc1n2-c1ccc2sc3ccc(-n4c5ccccc5c5ccc6oc7cccnc7c6c54)cc3c2c1. The summed E-state index contributed by atoms with van der Waals surface area (Å²) in [5.41, 5.74) is 9.82. The second-order valence-electron chi connectivity index (χ2n) is 12.3. The monoisotopic (exact) mass is 630 g/mol. The van der Waals surface area contributed by atoms with E-state index in [0.29, 0.717) is 5.56 Å². The van der Waals surface area contributed by atoms with Gasteiger partial charge in [-0.3, -0.25) is 4.98 Å². The molecule has 0 saturated carbocycles. The molecule has 0 fully saturated rings. The first-order valence-electron chi connectivity index (χ1n) is 15.8. The summed E-state index contributed by atoms with van der Waals surface area (Å²) in [4.78, 5) is 4.77. The predicted molar refractivity (Wildman–Crippen MR) is 198 cm³/mol. The standard InChI is InChI=1S/C42H22N4OS/c43-23-24-11-15-35-30(20-24)28-7-2-3-8-33(28)45(35)25-12-17-38-31(21-25)32-22-26(13-18-39(32)48-38)46-34-9-4-1-6-27(34)29-14-16-36-40(42(29)46)41-37(47-36)10-5-19-44-41/h1-22H. The summed E-state index contributed by atoms with van der Waals surface area (Å²) >= 11 is 1.82. The highest BCUT2D eigenvalue weighted by Crippen LogP contribution is 2.43. The van der Waals surface area contributed by atoms with Gasteiger partial charge in [0.2, 0.25) is 0 Å². The quantitative estimate of drug-likeness (QED) is 0.191. The van der Waals surface area contributed by atoms with Crippen LogP contribution in [0.25, 0.3) is 97.2 Å². The molecule has 0 bridgehead atoms. The van der Waals surface area contributed by atoms with E-state index in [1.54, 1.807) is 0 Å². The highest BCUT2D eigenvalue weighted by Gasteiger charge is 2.20. The molecule has 0 amide bonds. The molecule has 0 spiro atoms. The Morgan fingerprint density at radius 1 is 0.562 bits per heavy atom. The zero-order valence-electron chi connectivity index (χ0n) is 25.3. The molecule has 5 aromatic heterocycles. The minimum absolute atomic E-state index is 0.666. The summed E-state index contributed by atoms with van der Waals surface area (Å²) in [6, 6.07) is 47.1. The number of nitriles is 1. The molecule has 11 aromatic rings. The maximum absolute atomic E-state index is 9.62. The number of aromatic nitrogens is 3. The molecule has 222 valence electrons. The smallest absolute Gasteiger partial charge is 0.153 e. The molecule has 0 aliphatic carbocycles. The summed E-state index contributed by atoms with van der Waals surface area (Å²) in [6.45, 7) is 0. The van der Waals surface area contributed by atoms with Gasteiger partial charge in [0.05, 0.1) is 39.1 Å². The number of thiophene rings is 1. The number of furan rings is 1. The van der Waals surface area contributed by atoms with Crippen LogP contribution in [0, 0.1) is 11.3 Å². The normalized spacial score (nSPS) is 12.1. The number of pyridine rings is 1. The molecule has 0 unspecified atom stereocenters. The van der Waals surface area contributed by atoms with Crippen LogP contribution < -0.4 is 0 Å². The molecule has 5 heterocycles. The Morgan fingerprint density at radius 2 is 1.25 bits per heavy atom. The maximum Gasteiger partial charge on any atom is 0.153 e. The minimum atomic E-state index is 0.666. The Kier molecular flexibility index (Phi) is 5.00. The molecule has 0 N–H and O–H groups in total. The molecular weight excluding hydrogens is 609 g/mol. The zero-order valence-corrected chi connectivity index (χ0v) is 26.1. The molecule has 5 nitrogen and oxygen atoms in total. The molecule has 48 heavy (non-hydrogen) atoms. The van der Waals surface area contributed by atoms with Crippen LogP contribution in [0.5, 0.6) is 0 Å². The largest absolute Gasteiger partial charge is 0.454 e. The topological polar surface area (TPSA) is 59.7 Å². The summed E-state index contributed by atoms with van der Waals surface area (Å²) in [5, 5.41) is 17.7. The van der Waals surface area contributed by atoms with Gasteiger partial charge in [0.15, 0.2) is 5.58 Å². The van der Waals surface area contributed by atoms with E-state index in [1.807, 2.05) is 41.8 Å². The Balaban J connectivity index is 1.20. The number of fused-ring (bicyclic) bond motifs is 13. The first-order chi connectivity index (χ1) is 23.7. The lowest BCUT2D eigenvalue weighted by Gasteiger charge is -2.10. The van der Waals surface area contributed by atoms with Gasteiger partial charge in [-0.2, -0.15) is 5.26 Å². The third kappa shape index (κ3) is 3.35. The number of nitrogens with zero attached hydrogens (tertiary/aromatic N) is 4. The van der Waals surface area contributed by atoms with Crippen LogP contribution in [0.2, 0.25) is 0 Å². The molecule has 0 aliphatic rings. The number of para-hydroxylation sites is 2. The highest BCUT2D eigenvalue weighted by molar-refractivity contribution is 7.25.